The molecule has 0 radical (unpaired) electrons. The quantitative estimate of drug-likeness (QED) is 0.831. The fourth-order valence-electron chi connectivity index (χ4n) is 3.38. The lowest BCUT2D eigenvalue weighted by Crippen LogP contribution is -2.48. The van der Waals surface area contributed by atoms with E-state index in [9.17, 15) is 4.79 Å². The van der Waals surface area contributed by atoms with Gasteiger partial charge in [-0.05, 0) is 37.4 Å². The summed E-state index contributed by atoms with van der Waals surface area (Å²) < 4.78 is 5.49. The van der Waals surface area contributed by atoms with Gasteiger partial charge in [0.05, 0.1) is 5.41 Å². The van der Waals surface area contributed by atoms with E-state index in [1.807, 2.05) is 24.3 Å². The van der Waals surface area contributed by atoms with Crippen molar-refractivity contribution in [1.82, 2.24) is 10.6 Å². The topological polar surface area (TPSA) is 50.4 Å². The summed E-state index contributed by atoms with van der Waals surface area (Å²) >= 11 is 6.40. The number of benzene rings is 1. The highest BCUT2D eigenvalue weighted by molar-refractivity contribution is 6.31. The second-order valence-corrected chi connectivity index (χ2v) is 6.58. The van der Waals surface area contributed by atoms with Gasteiger partial charge in [0.15, 0.2) is 0 Å². The van der Waals surface area contributed by atoms with E-state index in [2.05, 4.69) is 16.7 Å². The van der Waals surface area contributed by atoms with Crippen LogP contribution in [0.2, 0.25) is 5.02 Å². The number of ether oxygens (including phenoxy) is 1. The third-order valence-corrected chi connectivity index (χ3v) is 5.13. The lowest BCUT2D eigenvalue weighted by molar-refractivity contribution is -0.130. The Balaban J connectivity index is 1.79. The van der Waals surface area contributed by atoms with Gasteiger partial charge < -0.3 is 15.4 Å². The van der Waals surface area contributed by atoms with Crippen molar-refractivity contribution in [3.8, 4) is 0 Å². The van der Waals surface area contributed by atoms with Gasteiger partial charge in [-0.2, -0.15) is 0 Å². The van der Waals surface area contributed by atoms with E-state index in [4.69, 9.17) is 16.3 Å². The van der Waals surface area contributed by atoms with Gasteiger partial charge in [-0.15, -0.1) is 0 Å². The molecular weight excluding hydrogens is 312 g/mol. The van der Waals surface area contributed by atoms with Crippen molar-refractivity contribution in [1.29, 1.82) is 0 Å². The van der Waals surface area contributed by atoms with E-state index in [-0.39, 0.29) is 5.91 Å². The van der Waals surface area contributed by atoms with Crippen LogP contribution >= 0.6 is 11.6 Å². The maximum atomic E-state index is 13.0. The Labute approximate surface area is 142 Å². The molecule has 2 heterocycles. The minimum Gasteiger partial charge on any atom is -0.381 e. The molecule has 2 aliphatic rings. The zero-order valence-electron chi connectivity index (χ0n) is 13.2. The molecule has 2 aliphatic heterocycles. The second kappa shape index (κ2) is 7.47. The largest absolute Gasteiger partial charge is 0.381 e. The van der Waals surface area contributed by atoms with Crippen LogP contribution in [0.4, 0.5) is 0 Å². The first-order valence-corrected chi connectivity index (χ1v) is 8.60. The Bertz CT molecular complexity index is 594. The molecule has 1 amide bonds. The standard InChI is InChI=1S/C18H23ClN2O2/c19-16-4-2-1-3-15(16)18(7-11-23-12-8-18)17(22)21-13-14-5-9-20-10-6-14/h1-5,20H,6-13H2,(H,21,22). The molecule has 5 heteroatoms. The Morgan fingerprint density at radius 3 is 2.78 bits per heavy atom. The lowest BCUT2D eigenvalue weighted by atomic mass is 9.73. The molecular formula is C18H23ClN2O2. The molecule has 0 saturated carbocycles. The Morgan fingerprint density at radius 2 is 2.09 bits per heavy atom. The van der Waals surface area contributed by atoms with Gasteiger partial charge in [0.25, 0.3) is 0 Å². The van der Waals surface area contributed by atoms with Gasteiger partial charge in [-0.1, -0.05) is 41.4 Å². The molecule has 4 nitrogen and oxygen atoms in total. The molecule has 0 atom stereocenters. The van der Waals surface area contributed by atoms with Crippen LogP contribution in [0.3, 0.4) is 0 Å². The van der Waals surface area contributed by atoms with Crippen molar-refractivity contribution in [2.45, 2.75) is 24.7 Å². The number of carbonyl (C=O) groups excluding carboxylic acids is 1. The van der Waals surface area contributed by atoms with E-state index in [0.29, 0.717) is 37.6 Å². The summed E-state index contributed by atoms with van der Waals surface area (Å²) in [6.45, 7) is 3.66. The maximum absolute atomic E-state index is 13.0. The van der Waals surface area contributed by atoms with E-state index in [1.54, 1.807) is 0 Å². The number of amides is 1. The Kier molecular flexibility index (Phi) is 5.36. The van der Waals surface area contributed by atoms with Crippen LogP contribution < -0.4 is 10.6 Å². The highest BCUT2D eigenvalue weighted by Crippen LogP contribution is 2.38. The van der Waals surface area contributed by atoms with Crippen molar-refractivity contribution < 1.29 is 9.53 Å². The summed E-state index contributed by atoms with van der Waals surface area (Å²) in [6.07, 6.45) is 4.49. The normalized spacial score (nSPS) is 20.7. The minimum absolute atomic E-state index is 0.0633. The first kappa shape index (κ1) is 16.5. The van der Waals surface area contributed by atoms with Gasteiger partial charge in [0.2, 0.25) is 5.91 Å². The van der Waals surface area contributed by atoms with Gasteiger partial charge in [0, 0.05) is 31.3 Å². The van der Waals surface area contributed by atoms with Crippen molar-refractivity contribution in [3.63, 3.8) is 0 Å². The third kappa shape index (κ3) is 3.60. The molecule has 1 aromatic carbocycles. The van der Waals surface area contributed by atoms with E-state index in [1.165, 1.54) is 5.57 Å². The molecule has 23 heavy (non-hydrogen) atoms. The van der Waals surface area contributed by atoms with Crippen LogP contribution in [-0.4, -0.2) is 38.8 Å². The van der Waals surface area contributed by atoms with Gasteiger partial charge in [-0.25, -0.2) is 0 Å². The molecule has 1 aromatic rings. The average Bonchev–Trinajstić information content (AvgIpc) is 2.61. The molecule has 0 aromatic heterocycles. The minimum atomic E-state index is -0.579. The average molecular weight is 335 g/mol. The monoisotopic (exact) mass is 334 g/mol. The summed E-state index contributed by atoms with van der Waals surface area (Å²) in [6, 6.07) is 7.67. The van der Waals surface area contributed by atoms with Crippen LogP contribution in [0.1, 0.15) is 24.8 Å². The van der Waals surface area contributed by atoms with Gasteiger partial charge >= 0.3 is 0 Å². The predicted molar refractivity (Wildman–Crippen MR) is 91.8 cm³/mol. The molecule has 3 rings (SSSR count). The summed E-state index contributed by atoms with van der Waals surface area (Å²) in [4.78, 5) is 13.0. The van der Waals surface area contributed by atoms with Crippen molar-refractivity contribution in [3.05, 3.63) is 46.5 Å². The Hall–Kier alpha value is -1.36. The van der Waals surface area contributed by atoms with E-state index < -0.39 is 5.41 Å². The summed E-state index contributed by atoms with van der Waals surface area (Å²) in [5.41, 5.74) is 1.63. The summed E-state index contributed by atoms with van der Waals surface area (Å²) in [5.74, 6) is 0.0633. The highest BCUT2D eigenvalue weighted by Gasteiger charge is 2.42. The second-order valence-electron chi connectivity index (χ2n) is 6.17. The van der Waals surface area contributed by atoms with Crippen LogP contribution in [-0.2, 0) is 14.9 Å². The molecule has 124 valence electrons. The Morgan fingerprint density at radius 1 is 1.30 bits per heavy atom. The first-order chi connectivity index (χ1) is 11.2. The number of rotatable bonds is 4. The highest BCUT2D eigenvalue weighted by atomic mass is 35.5. The van der Waals surface area contributed by atoms with Crippen LogP contribution in [0.15, 0.2) is 35.9 Å². The lowest BCUT2D eigenvalue weighted by Gasteiger charge is -2.37. The maximum Gasteiger partial charge on any atom is 0.231 e. The van der Waals surface area contributed by atoms with Crippen LogP contribution in [0.25, 0.3) is 0 Å². The number of hydrogen-bond donors (Lipinski definition) is 2. The zero-order chi connectivity index (χ0) is 16.1. The summed E-state index contributed by atoms with van der Waals surface area (Å²) in [5, 5.41) is 7.08. The molecule has 0 aliphatic carbocycles. The van der Waals surface area contributed by atoms with Crippen molar-refractivity contribution in [2.24, 2.45) is 0 Å². The molecule has 0 spiro atoms. The van der Waals surface area contributed by atoms with Crippen LogP contribution in [0.5, 0.6) is 0 Å². The van der Waals surface area contributed by atoms with E-state index >= 15 is 0 Å². The fourth-order valence-corrected chi connectivity index (χ4v) is 3.70. The van der Waals surface area contributed by atoms with Gasteiger partial charge in [0.1, 0.15) is 0 Å². The summed E-state index contributed by atoms with van der Waals surface area (Å²) in [7, 11) is 0. The molecule has 1 fully saturated rings. The number of hydrogen-bond acceptors (Lipinski definition) is 3. The molecule has 0 bridgehead atoms. The number of carbonyl (C=O) groups is 1. The first-order valence-electron chi connectivity index (χ1n) is 8.22. The molecule has 1 saturated heterocycles. The number of halogens is 1. The van der Waals surface area contributed by atoms with Crippen molar-refractivity contribution >= 4 is 17.5 Å². The zero-order valence-corrected chi connectivity index (χ0v) is 14.0. The van der Waals surface area contributed by atoms with Crippen molar-refractivity contribution in [2.75, 3.05) is 32.8 Å². The SMILES string of the molecule is O=C(NCC1=CCNCC1)C1(c2ccccc2Cl)CCOCC1. The smallest absolute Gasteiger partial charge is 0.231 e. The predicted octanol–water partition coefficient (Wildman–Crippen LogP) is 2.42. The molecule has 0 unspecified atom stereocenters. The third-order valence-electron chi connectivity index (χ3n) is 4.80. The number of nitrogens with one attached hydrogen (secondary N) is 2. The van der Waals surface area contributed by atoms with Gasteiger partial charge in [-0.3, -0.25) is 4.79 Å². The molecule has 2 N–H and O–H groups in total. The fraction of sp³-hybridized carbons (Fsp3) is 0.500. The van der Waals surface area contributed by atoms with Crippen LogP contribution in [0, 0.1) is 0 Å². The van der Waals surface area contributed by atoms with E-state index in [0.717, 1.165) is 25.1 Å².